The zero-order valence-electron chi connectivity index (χ0n) is 25.1. The molecule has 1 aliphatic rings. The molecule has 1 aliphatic carbocycles. The lowest BCUT2D eigenvalue weighted by Crippen LogP contribution is -2.35. The molecule has 0 bridgehead atoms. The SMILES string of the molecule is O=C(O)c1ccccc1N(CCCCN(c1ccc(F)cc1)S(=O)[O-])S(=O)(=O)Cc1cccc(CCc2nc(C3CCC3)cs2)c1. The normalized spacial score (nSPS) is 14.0. The van der Waals surface area contributed by atoms with E-state index in [2.05, 4.69) is 5.38 Å². The zero-order valence-corrected chi connectivity index (χ0v) is 27.5. The van der Waals surface area contributed by atoms with Crippen LogP contribution in [0, 0.1) is 5.82 Å². The summed E-state index contributed by atoms with van der Waals surface area (Å²) in [5, 5.41) is 13.0. The number of nitrogens with zero attached hydrogens (tertiary/aromatic N) is 3. The first-order valence-corrected chi connectivity index (χ1v) is 18.6. The van der Waals surface area contributed by atoms with Gasteiger partial charge in [-0.25, -0.2) is 22.6 Å². The number of anilines is 2. The molecule has 244 valence electrons. The maximum Gasteiger partial charge on any atom is 0.337 e. The molecule has 5 rings (SSSR count). The van der Waals surface area contributed by atoms with E-state index in [1.54, 1.807) is 23.5 Å². The molecular formula is C33H35FN3O6S3-. The molecule has 0 amide bonds. The Morgan fingerprint density at radius 2 is 1.72 bits per heavy atom. The second-order valence-electron chi connectivity index (χ2n) is 11.3. The van der Waals surface area contributed by atoms with Crippen LogP contribution in [0.4, 0.5) is 15.8 Å². The van der Waals surface area contributed by atoms with Crippen LogP contribution in [-0.4, -0.2) is 46.3 Å². The maximum absolute atomic E-state index is 13.9. The molecule has 1 saturated carbocycles. The summed E-state index contributed by atoms with van der Waals surface area (Å²) >= 11 is -0.968. The van der Waals surface area contributed by atoms with Crippen molar-refractivity contribution in [3.8, 4) is 0 Å². The summed E-state index contributed by atoms with van der Waals surface area (Å²) < 4.78 is 67.1. The van der Waals surface area contributed by atoms with Crippen molar-refractivity contribution in [2.75, 3.05) is 21.7 Å². The highest BCUT2D eigenvalue weighted by molar-refractivity contribution is 7.92. The summed E-state index contributed by atoms with van der Waals surface area (Å²) in [7, 11) is -4.06. The van der Waals surface area contributed by atoms with Gasteiger partial charge in [-0.1, -0.05) is 42.8 Å². The molecule has 13 heteroatoms. The van der Waals surface area contributed by atoms with Gasteiger partial charge in [0.2, 0.25) is 10.0 Å². The number of para-hydroxylation sites is 1. The Labute approximate surface area is 275 Å². The van der Waals surface area contributed by atoms with E-state index in [4.69, 9.17) is 4.98 Å². The minimum atomic E-state index is -4.06. The standard InChI is InChI=1S/C33H36FN3O6S3/c34-27-14-16-28(17-15-27)36(45(40)41)19-3-4-20-37(31-12-2-1-11-29(31)33(38)39)46(42,43)23-25-8-5-7-24(21-25)13-18-32-35-30(22-44-32)26-9-6-10-26/h1-2,5,7-8,11-12,14-17,21-22,26H,3-4,6,9-10,13,18-20,23H2,(H,38,39)(H,40,41)/p-1. The van der Waals surface area contributed by atoms with E-state index < -0.39 is 33.1 Å². The minimum absolute atomic E-state index is 0.0273. The highest BCUT2D eigenvalue weighted by atomic mass is 32.2. The molecule has 0 spiro atoms. The van der Waals surface area contributed by atoms with Crippen LogP contribution in [0.2, 0.25) is 0 Å². The topological polar surface area (TPSA) is 131 Å². The van der Waals surface area contributed by atoms with Crippen molar-refractivity contribution in [2.24, 2.45) is 0 Å². The van der Waals surface area contributed by atoms with Crippen molar-refractivity contribution < 1.29 is 31.5 Å². The van der Waals surface area contributed by atoms with Gasteiger partial charge in [0.25, 0.3) is 0 Å². The molecule has 0 saturated heterocycles. The number of carboxylic acid groups (broad SMARTS) is 1. The molecule has 1 fully saturated rings. The van der Waals surface area contributed by atoms with Gasteiger partial charge >= 0.3 is 5.97 Å². The number of aromatic carboxylic acids is 1. The molecule has 4 aromatic rings. The van der Waals surface area contributed by atoms with Crippen LogP contribution in [-0.2, 0) is 39.9 Å². The molecule has 0 radical (unpaired) electrons. The molecular weight excluding hydrogens is 650 g/mol. The molecule has 46 heavy (non-hydrogen) atoms. The fourth-order valence-electron chi connectivity index (χ4n) is 5.44. The van der Waals surface area contributed by atoms with Gasteiger partial charge in [0.05, 0.1) is 27.7 Å². The number of benzene rings is 3. The molecule has 1 unspecified atom stereocenters. The number of aryl methyl sites for hydroxylation is 2. The Kier molecular flexibility index (Phi) is 11.2. The molecule has 0 aliphatic heterocycles. The van der Waals surface area contributed by atoms with Gasteiger partial charge in [-0.05, 0) is 79.6 Å². The second kappa shape index (κ2) is 15.3. The largest absolute Gasteiger partial charge is 0.755 e. The lowest BCUT2D eigenvalue weighted by atomic mass is 9.83. The Hall–Kier alpha value is -3.65. The van der Waals surface area contributed by atoms with Crippen molar-refractivity contribution in [1.82, 2.24) is 4.98 Å². The summed E-state index contributed by atoms with van der Waals surface area (Å²) in [5.74, 6) is -1.52. The fraction of sp³-hybridized carbons (Fsp3) is 0.333. The van der Waals surface area contributed by atoms with Crippen LogP contribution in [0.15, 0.2) is 78.2 Å². The average molecular weight is 685 g/mol. The second-order valence-corrected chi connectivity index (χ2v) is 15.0. The van der Waals surface area contributed by atoms with E-state index in [1.165, 1.54) is 55.3 Å². The first-order valence-electron chi connectivity index (χ1n) is 15.1. The van der Waals surface area contributed by atoms with Crippen LogP contribution in [0.3, 0.4) is 0 Å². The molecule has 3 aromatic carbocycles. The quantitative estimate of drug-likeness (QED) is 0.106. The summed E-state index contributed by atoms with van der Waals surface area (Å²) in [6.45, 7) is -0.0397. The van der Waals surface area contributed by atoms with Crippen LogP contribution in [0.5, 0.6) is 0 Å². The first-order chi connectivity index (χ1) is 22.1. The number of hydrogen-bond donors (Lipinski definition) is 1. The smallest absolute Gasteiger partial charge is 0.337 e. The Balaban J connectivity index is 1.29. The third-order valence-corrected chi connectivity index (χ3v) is 11.5. The van der Waals surface area contributed by atoms with Gasteiger partial charge in [0, 0.05) is 47.8 Å². The van der Waals surface area contributed by atoms with Crippen LogP contribution in [0.1, 0.15) is 70.2 Å². The number of sulfonamides is 1. The molecule has 1 N–H and O–H groups in total. The van der Waals surface area contributed by atoms with E-state index in [-0.39, 0.29) is 48.6 Å². The third-order valence-electron chi connectivity index (χ3n) is 8.07. The highest BCUT2D eigenvalue weighted by Gasteiger charge is 2.27. The maximum atomic E-state index is 13.9. The van der Waals surface area contributed by atoms with Crippen LogP contribution < -0.4 is 8.61 Å². The summed E-state index contributed by atoms with van der Waals surface area (Å²) in [6, 6.07) is 18.3. The predicted molar refractivity (Wildman–Crippen MR) is 178 cm³/mol. The lowest BCUT2D eigenvalue weighted by Gasteiger charge is -2.28. The molecule has 9 nitrogen and oxygen atoms in total. The molecule has 1 heterocycles. The van der Waals surface area contributed by atoms with Gasteiger partial charge in [0.1, 0.15) is 5.82 Å². The van der Waals surface area contributed by atoms with Crippen LogP contribution >= 0.6 is 11.3 Å². The summed E-state index contributed by atoms with van der Waals surface area (Å²) in [6.07, 6.45) is 5.62. The van der Waals surface area contributed by atoms with Crippen molar-refractivity contribution in [1.29, 1.82) is 0 Å². The minimum Gasteiger partial charge on any atom is -0.755 e. The Morgan fingerprint density at radius 3 is 2.41 bits per heavy atom. The summed E-state index contributed by atoms with van der Waals surface area (Å²) in [5.41, 5.74) is 2.91. The zero-order chi connectivity index (χ0) is 32.7. The number of rotatable bonds is 16. The van der Waals surface area contributed by atoms with E-state index >= 15 is 0 Å². The van der Waals surface area contributed by atoms with Gasteiger partial charge in [-0.15, -0.1) is 11.3 Å². The van der Waals surface area contributed by atoms with Gasteiger partial charge in [-0.3, -0.25) is 8.51 Å². The number of thiazole rings is 1. The van der Waals surface area contributed by atoms with Crippen molar-refractivity contribution in [3.63, 3.8) is 0 Å². The number of hydrogen-bond acceptors (Lipinski definition) is 7. The average Bonchev–Trinajstić information content (AvgIpc) is 3.45. The van der Waals surface area contributed by atoms with Gasteiger partial charge in [-0.2, -0.15) is 0 Å². The number of aromatic nitrogens is 1. The Bertz CT molecular complexity index is 1780. The monoisotopic (exact) mass is 684 g/mol. The van der Waals surface area contributed by atoms with Crippen LogP contribution in [0.25, 0.3) is 0 Å². The highest BCUT2D eigenvalue weighted by Crippen LogP contribution is 2.36. The van der Waals surface area contributed by atoms with E-state index in [0.29, 0.717) is 17.9 Å². The lowest BCUT2D eigenvalue weighted by molar-refractivity contribution is 0.0697. The fourth-order valence-corrected chi connectivity index (χ4v) is 8.51. The van der Waals surface area contributed by atoms with Crippen molar-refractivity contribution in [3.05, 3.63) is 111 Å². The van der Waals surface area contributed by atoms with Gasteiger partial charge < -0.3 is 14.0 Å². The van der Waals surface area contributed by atoms with Gasteiger partial charge in [0.15, 0.2) is 0 Å². The number of carboxylic acids is 1. The number of halogens is 1. The van der Waals surface area contributed by atoms with Crippen molar-refractivity contribution in [2.45, 2.75) is 56.6 Å². The van der Waals surface area contributed by atoms with E-state index in [9.17, 15) is 31.5 Å². The Morgan fingerprint density at radius 1 is 1.00 bits per heavy atom. The molecule has 1 aromatic heterocycles. The number of carbonyl (C=O) groups is 1. The van der Waals surface area contributed by atoms with E-state index in [0.717, 1.165) is 37.7 Å². The third kappa shape index (κ3) is 8.58. The first kappa shape index (κ1) is 33.7. The molecule has 1 atom stereocenters. The van der Waals surface area contributed by atoms with E-state index in [1.807, 2.05) is 18.2 Å². The predicted octanol–water partition coefficient (Wildman–Crippen LogP) is 6.45. The van der Waals surface area contributed by atoms with Crippen molar-refractivity contribution >= 4 is 50.0 Å². The number of unbranched alkanes of at least 4 members (excludes halogenated alkanes) is 1. The summed E-state index contributed by atoms with van der Waals surface area (Å²) in [4.78, 5) is 16.9.